The fourth-order valence-electron chi connectivity index (χ4n) is 4.17. The second-order valence-corrected chi connectivity index (χ2v) is 8.44. The van der Waals surface area contributed by atoms with Gasteiger partial charge in [-0.25, -0.2) is 4.98 Å². The SMILES string of the molecule is CN(C)c1nc(NC2CCC(CNCC#Cc3ccccc3)CC2)nc2ccccc12. The fourth-order valence-corrected chi connectivity index (χ4v) is 4.17. The van der Waals surface area contributed by atoms with E-state index in [4.69, 9.17) is 9.97 Å². The Bertz CT molecular complexity index is 1040. The minimum absolute atomic E-state index is 0.435. The first-order chi connectivity index (χ1) is 15.2. The average Bonchev–Trinajstić information content (AvgIpc) is 2.80. The molecule has 1 aliphatic rings. The smallest absolute Gasteiger partial charge is 0.225 e. The van der Waals surface area contributed by atoms with Crippen LogP contribution in [0, 0.1) is 17.8 Å². The standard InChI is InChI=1S/C26H31N5/c1-31(2)25-23-12-6-7-13-24(23)29-26(30-25)28-22-16-14-21(15-17-22)19-27-18-8-11-20-9-4-3-5-10-20/h3-7,9-10,12-13,21-22,27H,14-19H2,1-2H3,(H,28,29,30). The van der Waals surface area contributed by atoms with Crippen LogP contribution in [-0.2, 0) is 0 Å². The van der Waals surface area contributed by atoms with E-state index in [0.29, 0.717) is 12.0 Å². The van der Waals surface area contributed by atoms with Crippen molar-refractivity contribution in [1.29, 1.82) is 0 Å². The lowest BCUT2D eigenvalue weighted by Gasteiger charge is -2.29. The Morgan fingerprint density at radius 2 is 1.68 bits per heavy atom. The van der Waals surface area contributed by atoms with Crippen molar-refractivity contribution in [1.82, 2.24) is 15.3 Å². The number of hydrogen-bond donors (Lipinski definition) is 2. The van der Waals surface area contributed by atoms with Crippen LogP contribution in [0.25, 0.3) is 10.9 Å². The molecule has 1 saturated carbocycles. The molecule has 0 spiro atoms. The van der Waals surface area contributed by atoms with Crippen molar-refractivity contribution < 1.29 is 0 Å². The molecule has 0 amide bonds. The van der Waals surface area contributed by atoms with E-state index >= 15 is 0 Å². The Morgan fingerprint density at radius 3 is 2.45 bits per heavy atom. The zero-order valence-corrected chi connectivity index (χ0v) is 18.4. The first-order valence-corrected chi connectivity index (χ1v) is 11.1. The van der Waals surface area contributed by atoms with Crippen molar-refractivity contribution in [3.8, 4) is 11.8 Å². The second-order valence-electron chi connectivity index (χ2n) is 8.44. The summed E-state index contributed by atoms with van der Waals surface area (Å²) in [5, 5.41) is 8.18. The van der Waals surface area contributed by atoms with Gasteiger partial charge in [0.1, 0.15) is 5.82 Å². The molecule has 0 atom stereocenters. The molecule has 1 fully saturated rings. The summed E-state index contributed by atoms with van der Waals surface area (Å²) in [6.07, 6.45) is 4.72. The highest BCUT2D eigenvalue weighted by molar-refractivity contribution is 5.90. The predicted molar refractivity (Wildman–Crippen MR) is 129 cm³/mol. The number of rotatable bonds is 6. The van der Waals surface area contributed by atoms with E-state index in [1.165, 1.54) is 12.8 Å². The topological polar surface area (TPSA) is 53.1 Å². The maximum Gasteiger partial charge on any atom is 0.225 e. The van der Waals surface area contributed by atoms with Crippen LogP contribution in [-0.4, -0.2) is 43.2 Å². The van der Waals surface area contributed by atoms with Crippen LogP contribution in [0.4, 0.5) is 11.8 Å². The summed E-state index contributed by atoms with van der Waals surface area (Å²) in [5.41, 5.74) is 2.06. The molecule has 1 aromatic heterocycles. The van der Waals surface area contributed by atoms with Crippen molar-refractivity contribution in [3.63, 3.8) is 0 Å². The van der Waals surface area contributed by atoms with E-state index in [0.717, 1.165) is 54.2 Å². The summed E-state index contributed by atoms with van der Waals surface area (Å²) in [6.45, 7) is 1.78. The highest BCUT2D eigenvalue weighted by Crippen LogP contribution is 2.28. The van der Waals surface area contributed by atoms with Crippen molar-refractivity contribution >= 4 is 22.7 Å². The number of nitrogens with one attached hydrogen (secondary N) is 2. The molecule has 5 heteroatoms. The highest BCUT2D eigenvalue weighted by Gasteiger charge is 2.22. The van der Waals surface area contributed by atoms with Crippen LogP contribution in [0.1, 0.15) is 31.2 Å². The molecule has 2 N–H and O–H groups in total. The van der Waals surface area contributed by atoms with Crippen LogP contribution in [0.2, 0.25) is 0 Å². The zero-order valence-electron chi connectivity index (χ0n) is 18.4. The summed E-state index contributed by atoms with van der Waals surface area (Å²) in [7, 11) is 4.06. The molecule has 2 aromatic carbocycles. The molecule has 0 aliphatic heterocycles. The predicted octanol–water partition coefficient (Wildman–Crippen LogP) is 4.31. The van der Waals surface area contributed by atoms with Gasteiger partial charge in [-0.05, 0) is 62.4 Å². The first kappa shape index (κ1) is 21.1. The summed E-state index contributed by atoms with van der Waals surface area (Å²) in [6, 6.07) is 18.8. The Hall–Kier alpha value is -3.10. The molecule has 3 aromatic rings. The summed E-state index contributed by atoms with van der Waals surface area (Å²) in [5.74, 6) is 8.83. The third-order valence-electron chi connectivity index (χ3n) is 5.84. The van der Waals surface area contributed by atoms with E-state index in [9.17, 15) is 0 Å². The van der Waals surface area contributed by atoms with Crippen LogP contribution in [0.3, 0.4) is 0 Å². The van der Waals surface area contributed by atoms with Gasteiger partial charge in [0.25, 0.3) is 0 Å². The number of fused-ring (bicyclic) bond motifs is 1. The highest BCUT2D eigenvalue weighted by atomic mass is 15.2. The van der Waals surface area contributed by atoms with Gasteiger partial charge in [0.15, 0.2) is 0 Å². The Morgan fingerprint density at radius 1 is 0.935 bits per heavy atom. The molecule has 5 nitrogen and oxygen atoms in total. The zero-order chi connectivity index (χ0) is 21.5. The van der Waals surface area contributed by atoms with Gasteiger partial charge in [-0.1, -0.05) is 42.2 Å². The van der Waals surface area contributed by atoms with Gasteiger partial charge in [-0.2, -0.15) is 4.98 Å². The van der Waals surface area contributed by atoms with Gasteiger partial charge in [-0.15, -0.1) is 0 Å². The summed E-state index contributed by atoms with van der Waals surface area (Å²) >= 11 is 0. The first-order valence-electron chi connectivity index (χ1n) is 11.1. The quantitative estimate of drug-likeness (QED) is 0.466. The lowest BCUT2D eigenvalue weighted by atomic mass is 9.86. The molecule has 160 valence electrons. The van der Waals surface area contributed by atoms with E-state index in [-0.39, 0.29) is 0 Å². The van der Waals surface area contributed by atoms with Gasteiger partial charge in [0.2, 0.25) is 5.95 Å². The van der Waals surface area contributed by atoms with Gasteiger partial charge >= 0.3 is 0 Å². The maximum atomic E-state index is 4.78. The Labute approximate surface area is 185 Å². The molecule has 0 unspecified atom stereocenters. The molecule has 4 rings (SSSR count). The second kappa shape index (κ2) is 10.3. The van der Waals surface area contributed by atoms with Gasteiger partial charge in [0.05, 0.1) is 12.1 Å². The molecular formula is C26H31N5. The van der Waals surface area contributed by atoms with Gasteiger partial charge < -0.3 is 15.5 Å². The molecule has 31 heavy (non-hydrogen) atoms. The molecule has 0 saturated heterocycles. The number of nitrogens with zero attached hydrogens (tertiary/aromatic N) is 3. The Kier molecular flexibility index (Phi) is 7.01. The van der Waals surface area contributed by atoms with Crippen molar-refractivity contribution in [3.05, 3.63) is 60.2 Å². The Balaban J connectivity index is 1.25. The number of para-hydroxylation sites is 1. The molecule has 0 bridgehead atoms. The normalized spacial score (nSPS) is 18.3. The van der Waals surface area contributed by atoms with E-state index < -0.39 is 0 Å². The number of aromatic nitrogens is 2. The van der Waals surface area contributed by atoms with Crippen LogP contribution >= 0.6 is 0 Å². The van der Waals surface area contributed by atoms with Crippen LogP contribution < -0.4 is 15.5 Å². The van der Waals surface area contributed by atoms with E-state index in [2.05, 4.69) is 39.5 Å². The number of hydrogen-bond acceptors (Lipinski definition) is 5. The summed E-state index contributed by atoms with van der Waals surface area (Å²) in [4.78, 5) is 11.6. The van der Waals surface area contributed by atoms with Gasteiger partial charge in [-0.3, -0.25) is 0 Å². The third kappa shape index (κ3) is 5.74. The molecule has 0 radical (unpaired) electrons. The molecule has 1 aliphatic carbocycles. The monoisotopic (exact) mass is 413 g/mol. The maximum absolute atomic E-state index is 4.78. The minimum Gasteiger partial charge on any atom is -0.362 e. The largest absolute Gasteiger partial charge is 0.362 e. The lowest BCUT2D eigenvalue weighted by molar-refractivity contribution is 0.328. The average molecular weight is 414 g/mol. The van der Waals surface area contributed by atoms with Crippen molar-refractivity contribution in [2.45, 2.75) is 31.7 Å². The van der Waals surface area contributed by atoms with Crippen LogP contribution in [0.5, 0.6) is 0 Å². The summed E-state index contributed by atoms with van der Waals surface area (Å²) < 4.78 is 0. The lowest BCUT2D eigenvalue weighted by Crippen LogP contribution is -2.32. The molecule has 1 heterocycles. The van der Waals surface area contributed by atoms with Crippen LogP contribution in [0.15, 0.2) is 54.6 Å². The minimum atomic E-state index is 0.435. The van der Waals surface area contributed by atoms with Crippen molar-refractivity contribution in [2.75, 3.05) is 37.4 Å². The fraction of sp³-hybridized carbons (Fsp3) is 0.385. The molecular weight excluding hydrogens is 382 g/mol. The number of anilines is 2. The van der Waals surface area contributed by atoms with E-state index in [1.807, 2.05) is 56.6 Å². The third-order valence-corrected chi connectivity index (χ3v) is 5.84. The number of benzene rings is 2. The van der Waals surface area contributed by atoms with E-state index in [1.54, 1.807) is 0 Å². The van der Waals surface area contributed by atoms with Gasteiger partial charge in [0, 0.05) is 31.1 Å². The van der Waals surface area contributed by atoms with Crippen molar-refractivity contribution in [2.24, 2.45) is 5.92 Å².